The van der Waals surface area contributed by atoms with Crippen LogP contribution in [0.5, 0.6) is 5.75 Å². The van der Waals surface area contributed by atoms with Gasteiger partial charge in [0.1, 0.15) is 11.9 Å². The van der Waals surface area contributed by atoms with Gasteiger partial charge in [-0.2, -0.15) is 0 Å². The summed E-state index contributed by atoms with van der Waals surface area (Å²) in [5, 5.41) is 2.81. The van der Waals surface area contributed by atoms with Crippen molar-refractivity contribution in [2.75, 3.05) is 31.6 Å². The number of benzene rings is 1. The van der Waals surface area contributed by atoms with E-state index in [1.54, 1.807) is 0 Å². The number of hydrogen-bond donors (Lipinski definition) is 1. The van der Waals surface area contributed by atoms with Crippen LogP contribution in [-0.2, 0) is 4.74 Å². The third-order valence-corrected chi connectivity index (χ3v) is 5.64. The zero-order valence-electron chi connectivity index (χ0n) is 19.2. The molecule has 1 aromatic carbocycles. The van der Waals surface area contributed by atoms with Crippen LogP contribution in [0.15, 0.2) is 24.3 Å². The van der Waals surface area contributed by atoms with E-state index >= 15 is 0 Å². The van der Waals surface area contributed by atoms with Gasteiger partial charge in [-0.3, -0.25) is 10.2 Å². The predicted molar refractivity (Wildman–Crippen MR) is 124 cm³/mol. The zero-order chi connectivity index (χ0) is 21.4. The highest BCUT2D eigenvalue weighted by Crippen LogP contribution is 2.17. The third kappa shape index (κ3) is 10.9. The summed E-state index contributed by atoms with van der Waals surface area (Å²) in [6, 6.07) is 7.52. The normalized spacial score (nSPS) is 15.5. The molecule has 1 amide bonds. The minimum Gasteiger partial charge on any atom is -0.494 e. The third-order valence-electron chi connectivity index (χ3n) is 5.64. The fourth-order valence-electron chi connectivity index (χ4n) is 3.93. The van der Waals surface area contributed by atoms with Gasteiger partial charge in [-0.15, -0.1) is 0 Å². The summed E-state index contributed by atoms with van der Waals surface area (Å²) in [6.07, 6.45) is 13.7. The van der Waals surface area contributed by atoms with E-state index < -0.39 is 6.09 Å². The SMILES string of the molecule is CCCCCCCCCCOc1ccc(NC(=O)OC(C)CN2CCCCC2)cc1. The summed E-state index contributed by atoms with van der Waals surface area (Å²) in [4.78, 5) is 14.5. The van der Waals surface area contributed by atoms with Gasteiger partial charge < -0.3 is 9.47 Å². The largest absolute Gasteiger partial charge is 0.494 e. The molecular formula is C25H42N2O3. The van der Waals surface area contributed by atoms with Gasteiger partial charge in [-0.1, -0.05) is 58.3 Å². The molecule has 0 radical (unpaired) electrons. The maximum atomic E-state index is 12.1. The van der Waals surface area contributed by atoms with Crippen LogP contribution in [0.3, 0.4) is 0 Å². The molecule has 1 heterocycles. The fraction of sp³-hybridized carbons (Fsp3) is 0.720. The molecule has 2 rings (SSSR count). The van der Waals surface area contributed by atoms with Crippen molar-refractivity contribution in [2.24, 2.45) is 0 Å². The molecule has 0 saturated carbocycles. The van der Waals surface area contributed by atoms with Gasteiger partial charge in [0.25, 0.3) is 0 Å². The highest BCUT2D eigenvalue weighted by atomic mass is 16.6. The van der Waals surface area contributed by atoms with Crippen LogP contribution >= 0.6 is 0 Å². The van der Waals surface area contributed by atoms with E-state index in [9.17, 15) is 4.79 Å². The lowest BCUT2D eigenvalue weighted by Gasteiger charge is -2.28. The second kappa shape index (κ2) is 15.1. The number of likely N-dealkylation sites (tertiary alicyclic amines) is 1. The number of unbranched alkanes of at least 4 members (excludes halogenated alkanes) is 7. The lowest BCUT2D eigenvalue weighted by molar-refractivity contribution is 0.0833. The van der Waals surface area contributed by atoms with Gasteiger partial charge in [0, 0.05) is 12.2 Å². The number of carbonyl (C=O) groups excluding carboxylic acids is 1. The van der Waals surface area contributed by atoms with E-state index in [0.29, 0.717) is 0 Å². The van der Waals surface area contributed by atoms with Crippen molar-refractivity contribution in [3.8, 4) is 5.75 Å². The van der Waals surface area contributed by atoms with Crippen LogP contribution in [-0.4, -0.2) is 43.3 Å². The Bertz CT molecular complexity index is 570. The Hall–Kier alpha value is -1.75. The van der Waals surface area contributed by atoms with Gasteiger partial charge in [0.2, 0.25) is 0 Å². The van der Waals surface area contributed by atoms with Crippen LogP contribution in [0, 0.1) is 0 Å². The van der Waals surface area contributed by atoms with Crippen LogP contribution < -0.4 is 10.1 Å². The molecule has 5 nitrogen and oxygen atoms in total. The number of amides is 1. The molecule has 1 fully saturated rings. The van der Waals surface area contributed by atoms with Crippen LogP contribution in [0.2, 0.25) is 0 Å². The number of carbonyl (C=O) groups is 1. The minimum atomic E-state index is -0.396. The molecule has 0 aromatic heterocycles. The average molecular weight is 419 g/mol. The van der Waals surface area contributed by atoms with Crippen molar-refractivity contribution >= 4 is 11.8 Å². The standard InChI is InChI=1S/C25H42N2O3/c1-3-4-5-6-7-8-9-13-20-29-24-16-14-23(15-17-24)26-25(28)30-22(2)21-27-18-11-10-12-19-27/h14-17,22H,3-13,18-21H2,1-2H3,(H,26,28). The topological polar surface area (TPSA) is 50.8 Å². The second-order valence-electron chi connectivity index (χ2n) is 8.55. The monoisotopic (exact) mass is 418 g/mol. The molecule has 1 N–H and O–H groups in total. The molecule has 5 heteroatoms. The molecule has 170 valence electrons. The highest BCUT2D eigenvalue weighted by molar-refractivity contribution is 5.84. The highest BCUT2D eigenvalue weighted by Gasteiger charge is 2.16. The Morgan fingerprint density at radius 2 is 1.60 bits per heavy atom. The number of hydrogen-bond acceptors (Lipinski definition) is 4. The molecule has 0 bridgehead atoms. The maximum Gasteiger partial charge on any atom is 0.411 e. The first-order valence-electron chi connectivity index (χ1n) is 12.1. The maximum absolute atomic E-state index is 12.1. The summed E-state index contributed by atoms with van der Waals surface area (Å²) >= 11 is 0. The molecule has 1 atom stereocenters. The van der Waals surface area contributed by atoms with E-state index in [1.807, 2.05) is 31.2 Å². The van der Waals surface area contributed by atoms with Crippen molar-refractivity contribution in [1.29, 1.82) is 0 Å². The molecule has 0 aliphatic carbocycles. The van der Waals surface area contributed by atoms with Gasteiger partial charge in [-0.05, 0) is 63.5 Å². The smallest absolute Gasteiger partial charge is 0.411 e. The number of piperidine rings is 1. The first kappa shape index (κ1) is 24.5. The molecular weight excluding hydrogens is 376 g/mol. The van der Waals surface area contributed by atoms with Crippen molar-refractivity contribution in [3.05, 3.63) is 24.3 Å². The summed E-state index contributed by atoms with van der Waals surface area (Å²) < 4.78 is 11.3. The number of nitrogens with zero attached hydrogens (tertiary/aromatic N) is 1. The molecule has 1 unspecified atom stereocenters. The summed E-state index contributed by atoms with van der Waals surface area (Å²) in [7, 11) is 0. The second-order valence-corrected chi connectivity index (χ2v) is 8.55. The van der Waals surface area contributed by atoms with Crippen LogP contribution in [0.25, 0.3) is 0 Å². The van der Waals surface area contributed by atoms with E-state index in [1.165, 1.54) is 64.2 Å². The molecule has 1 aliphatic heterocycles. The summed E-state index contributed by atoms with van der Waals surface area (Å²) in [5.41, 5.74) is 0.726. The Morgan fingerprint density at radius 1 is 0.967 bits per heavy atom. The number of ether oxygens (including phenoxy) is 2. The van der Waals surface area contributed by atoms with Crippen LogP contribution in [0.1, 0.15) is 84.5 Å². The van der Waals surface area contributed by atoms with Gasteiger partial charge in [0.05, 0.1) is 6.61 Å². The molecule has 0 spiro atoms. The lowest BCUT2D eigenvalue weighted by atomic mass is 10.1. The predicted octanol–water partition coefficient (Wildman–Crippen LogP) is 6.63. The van der Waals surface area contributed by atoms with Crippen molar-refractivity contribution in [2.45, 2.75) is 90.6 Å². The molecule has 1 saturated heterocycles. The quantitative estimate of drug-likeness (QED) is 0.345. The van der Waals surface area contributed by atoms with Gasteiger partial charge in [0.15, 0.2) is 0 Å². The van der Waals surface area contributed by atoms with E-state index in [4.69, 9.17) is 9.47 Å². The number of nitrogens with one attached hydrogen (secondary N) is 1. The van der Waals surface area contributed by atoms with E-state index in [-0.39, 0.29) is 6.10 Å². The Morgan fingerprint density at radius 3 is 2.27 bits per heavy atom. The van der Waals surface area contributed by atoms with Crippen LogP contribution in [0.4, 0.5) is 10.5 Å². The molecule has 30 heavy (non-hydrogen) atoms. The Kier molecular flexibility index (Phi) is 12.4. The van der Waals surface area contributed by atoms with Crippen molar-refractivity contribution in [3.63, 3.8) is 0 Å². The lowest BCUT2D eigenvalue weighted by Crippen LogP contribution is -2.37. The zero-order valence-corrected chi connectivity index (χ0v) is 19.2. The van der Waals surface area contributed by atoms with Gasteiger partial charge >= 0.3 is 6.09 Å². The van der Waals surface area contributed by atoms with Gasteiger partial charge in [-0.25, -0.2) is 4.79 Å². The fourth-order valence-corrected chi connectivity index (χ4v) is 3.93. The van der Waals surface area contributed by atoms with E-state index in [2.05, 4.69) is 17.1 Å². The van der Waals surface area contributed by atoms with Crippen molar-refractivity contribution < 1.29 is 14.3 Å². The number of anilines is 1. The first-order valence-corrected chi connectivity index (χ1v) is 12.1. The molecule has 1 aliphatic rings. The average Bonchev–Trinajstić information content (AvgIpc) is 2.74. The minimum absolute atomic E-state index is 0.114. The Labute approximate surface area is 183 Å². The summed E-state index contributed by atoms with van der Waals surface area (Å²) in [6.45, 7) is 7.97. The first-order chi connectivity index (χ1) is 14.7. The van der Waals surface area contributed by atoms with Crippen molar-refractivity contribution in [1.82, 2.24) is 4.90 Å². The molecule has 1 aromatic rings. The number of rotatable bonds is 14. The summed E-state index contributed by atoms with van der Waals surface area (Å²) in [5.74, 6) is 0.843. The Balaban J connectivity index is 1.55. The van der Waals surface area contributed by atoms with E-state index in [0.717, 1.165) is 44.1 Å².